The smallest absolute Gasteiger partial charge is 0.269 e. The normalized spacial score (nSPS) is 11.2. The molecule has 0 aliphatic rings. The predicted octanol–water partition coefficient (Wildman–Crippen LogP) is 3.17. The summed E-state index contributed by atoms with van der Waals surface area (Å²) >= 11 is 0. The molecule has 0 atom stereocenters. The molecule has 0 aliphatic heterocycles. The van der Waals surface area contributed by atoms with Crippen molar-refractivity contribution in [1.82, 2.24) is 9.78 Å². The number of amides is 1. The van der Waals surface area contributed by atoms with E-state index < -0.39 is 5.91 Å². The van der Waals surface area contributed by atoms with Crippen LogP contribution in [0.2, 0.25) is 0 Å². The van der Waals surface area contributed by atoms with Crippen LogP contribution in [0.4, 0.5) is 5.69 Å². The Bertz CT molecular complexity index is 1090. The minimum Gasteiger partial charge on any atom is -0.399 e. The Balaban J connectivity index is 2.17. The number of nitrogens with two attached hydrogens (primary N) is 2. The molecule has 5 heteroatoms. The monoisotopic (exact) mass is 316 g/mol. The molecular weight excluding hydrogens is 300 g/mol. The molecule has 3 aromatic carbocycles. The molecule has 0 bridgehead atoms. The second kappa shape index (κ2) is 5.09. The summed E-state index contributed by atoms with van der Waals surface area (Å²) in [6, 6.07) is 17.5. The van der Waals surface area contributed by atoms with E-state index in [0.29, 0.717) is 5.69 Å². The van der Waals surface area contributed by atoms with Gasteiger partial charge in [0.15, 0.2) is 5.69 Å². The number of anilines is 1. The molecule has 0 spiro atoms. The Morgan fingerprint density at radius 1 is 1.00 bits per heavy atom. The van der Waals surface area contributed by atoms with Gasteiger partial charge in [0, 0.05) is 16.5 Å². The molecular formula is C19H16N4O. The zero-order chi connectivity index (χ0) is 16.8. The Morgan fingerprint density at radius 3 is 2.42 bits per heavy atom. The first kappa shape index (κ1) is 14.3. The lowest BCUT2D eigenvalue weighted by Crippen LogP contribution is -2.12. The summed E-state index contributed by atoms with van der Waals surface area (Å²) in [4.78, 5) is 11.8. The fourth-order valence-corrected chi connectivity index (χ4v) is 3.00. The molecule has 4 aromatic rings. The Hall–Kier alpha value is -3.34. The SMILES string of the molecule is Cc1ccc(-n2nc(C(N)=O)c3ccc4ccc(N)cc4c32)cc1. The maximum Gasteiger partial charge on any atom is 0.269 e. The lowest BCUT2D eigenvalue weighted by molar-refractivity contribution is 0.0996. The molecule has 0 radical (unpaired) electrons. The van der Waals surface area contributed by atoms with Crippen molar-refractivity contribution in [1.29, 1.82) is 0 Å². The average molecular weight is 316 g/mol. The maximum atomic E-state index is 11.8. The van der Waals surface area contributed by atoms with Gasteiger partial charge < -0.3 is 11.5 Å². The fourth-order valence-electron chi connectivity index (χ4n) is 3.00. The summed E-state index contributed by atoms with van der Waals surface area (Å²) < 4.78 is 1.76. The molecule has 0 aliphatic carbocycles. The van der Waals surface area contributed by atoms with Crippen LogP contribution in [0.3, 0.4) is 0 Å². The van der Waals surface area contributed by atoms with Crippen molar-refractivity contribution in [3.8, 4) is 5.69 Å². The van der Waals surface area contributed by atoms with E-state index in [4.69, 9.17) is 11.5 Å². The summed E-state index contributed by atoms with van der Waals surface area (Å²) in [6.45, 7) is 2.02. The van der Waals surface area contributed by atoms with E-state index in [0.717, 1.165) is 32.9 Å². The van der Waals surface area contributed by atoms with Crippen molar-refractivity contribution in [2.45, 2.75) is 6.92 Å². The fraction of sp³-hybridized carbons (Fsp3) is 0.0526. The van der Waals surface area contributed by atoms with Crippen LogP contribution in [0.5, 0.6) is 0 Å². The number of hydrogen-bond acceptors (Lipinski definition) is 3. The Morgan fingerprint density at radius 2 is 1.71 bits per heavy atom. The van der Waals surface area contributed by atoms with Gasteiger partial charge in [0.05, 0.1) is 11.2 Å². The summed E-state index contributed by atoms with van der Waals surface area (Å²) in [5.74, 6) is -0.547. The van der Waals surface area contributed by atoms with Gasteiger partial charge >= 0.3 is 0 Å². The molecule has 0 unspecified atom stereocenters. The van der Waals surface area contributed by atoms with Crippen LogP contribution in [0.25, 0.3) is 27.4 Å². The van der Waals surface area contributed by atoms with Crippen LogP contribution in [0, 0.1) is 6.92 Å². The van der Waals surface area contributed by atoms with Crippen LogP contribution < -0.4 is 11.5 Å². The number of benzene rings is 3. The Labute approximate surface area is 138 Å². The van der Waals surface area contributed by atoms with E-state index in [1.54, 1.807) is 4.68 Å². The summed E-state index contributed by atoms with van der Waals surface area (Å²) in [5.41, 5.74) is 15.3. The number of fused-ring (bicyclic) bond motifs is 3. The number of carbonyl (C=O) groups is 1. The largest absolute Gasteiger partial charge is 0.399 e. The molecule has 118 valence electrons. The summed E-state index contributed by atoms with van der Waals surface area (Å²) in [7, 11) is 0. The third-order valence-corrected chi connectivity index (χ3v) is 4.20. The molecule has 24 heavy (non-hydrogen) atoms. The first-order chi connectivity index (χ1) is 11.5. The molecule has 0 fully saturated rings. The van der Waals surface area contributed by atoms with Crippen molar-refractivity contribution < 1.29 is 4.79 Å². The van der Waals surface area contributed by atoms with Crippen molar-refractivity contribution in [2.24, 2.45) is 5.73 Å². The number of nitrogens with zero attached hydrogens (tertiary/aromatic N) is 2. The third-order valence-electron chi connectivity index (χ3n) is 4.20. The zero-order valence-electron chi connectivity index (χ0n) is 13.2. The van der Waals surface area contributed by atoms with Gasteiger partial charge in [-0.2, -0.15) is 5.10 Å². The molecule has 1 amide bonds. The highest BCUT2D eigenvalue weighted by Gasteiger charge is 2.18. The second-order valence-electron chi connectivity index (χ2n) is 5.90. The van der Waals surface area contributed by atoms with Crippen LogP contribution in [-0.4, -0.2) is 15.7 Å². The number of carbonyl (C=O) groups excluding carboxylic acids is 1. The summed E-state index contributed by atoms with van der Waals surface area (Å²) in [6.07, 6.45) is 0. The molecule has 4 N–H and O–H groups in total. The molecule has 1 heterocycles. The van der Waals surface area contributed by atoms with Gasteiger partial charge in [0.25, 0.3) is 5.91 Å². The standard InChI is InChI=1S/C19H16N4O/c1-11-2-7-14(8-3-11)23-18-15(17(22-23)19(21)24)9-5-12-4-6-13(20)10-16(12)18/h2-10H,20H2,1H3,(H2,21,24). The van der Waals surface area contributed by atoms with Crippen LogP contribution in [-0.2, 0) is 0 Å². The number of hydrogen-bond donors (Lipinski definition) is 2. The van der Waals surface area contributed by atoms with E-state index in [-0.39, 0.29) is 5.69 Å². The molecule has 1 aromatic heterocycles. The molecule has 0 saturated heterocycles. The second-order valence-corrected chi connectivity index (χ2v) is 5.90. The van der Waals surface area contributed by atoms with Gasteiger partial charge in [0.1, 0.15) is 0 Å². The van der Waals surface area contributed by atoms with E-state index in [1.165, 1.54) is 0 Å². The highest BCUT2D eigenvalue weighted by atomic mass is 16.1. The van der Waals surface area contributed by atoms with Crippen molar-refractivity contribution in [3.05, 3.63) is 65.9 Å². The minimum atomic E-state index is -0.547. The van der Waals surface area contributed by atoms with Crippen LogP contribution in [0.1, 0.15) is 16.1 Å². The summed E-state index contributed by atoms with van der Waals surface area (Å²) in [5, 5.41) is 7.16. The van der Waals surface area contributed by atoms with Gasteiger partial charge in [-0.1, -0.05) is 29.8 Å². The van der Waals surface area contributed by atoms with E-state index in [1.807, 2.05) is 61.5 Å². The number of aromatic nitrogens is 2. The van der Waals surface area contributed by atoms with Gasteiger partial charge in [-0.3, -0.25) is 4.79 Å². The van der Waals surface area contributed by atoms with E-state index >= 15 is 0 Å². The molecule has 5 nitrogen and oxygen atoms in total. The minimum absolute atomic E-state index is 0.259. The topological polar surface area (TPSA) is 86.9 Å². The van der Waals surface area contributed by atoms with Gasteiger partial charge in [-0.05, 0) is 42.6 Å². The highest BCUT2D eigenvalue weighted by molar-refractivity contribution is 6.13. The van der Waals surface area contributed by atoms with Crippen molar-refractivity contribution in [3.63, 3.8) is 0 Å². The van der Waals surface area contributed by atoms with E-state index in [2.05, 4.69) is 5.10 Å². The van der Waals surface area contributed by atoms with E-state index in [9.17, 15) is 4.79 Å². The number of nitrogen functional groups attached to an aromatic ring is 1. The lowest BCUT2D eigenvalue weighted by Gasteiger charge is -2.07. The third kappa shape index (κ3) is 2.10. The highest BCUT2D eigenvalue weighted by Crippen LogP contribution is 2.31. The predicted molar refractivity (Wildman–Crippen MR) is 96.2 cm³/mol. The van der Waals surface area contributed by atoms with Crippen molar-refractivity contribution in [2.75, 3.05) is 5.73 Å². The van der Waals surface area contributed by atoms with Crippen molar-refractivity contribution >= 4 is 33.3 Å². The quantitative estimate of drug-likeness (QED) is 0.557. The molecule has 0 saturated carbocycles. The first-order valence-corrected chi connectivity index (χ1v) is 7.62. The van der Waals surface area contributed by atoms with Crippen LogP contribution >= 0.6 is 0 Å². The first-order valence-electron chi connectivity index (χ1n) is 7.62. The average Bonchev–Trinajstić information content (AvgIpc) is 2.96. The number of aryl methyl sites for hydroxylation is 1. The Kier molecular flexibility index (Phi) is 3.03. The molecule has 4 rings (SSSR count). The van der Waals surface area contributed by atoms with Gasteiger partial charge in [-0.25, -0.2) is 4.68 Å². The van der Waals surface area contributed by atoms with Crippen LogP contribution in [0.15, 0.2) is 54.6 Å². The number of rotatable bonds is 2. The zero-order valence-corrected chi connectivity index (χ0v) is 13.2. The lowest BCUT2D eigenvalue weighted by atomic mass is 10.0. The number of primary amides is 1. The van der Waals surface area contributed by atoms with Gasteiger partial charge in [-0.15, -0.1) is 0 Å². The maximum absolute atomic E-state index is 11.8. The van der Waals surface area contributed by atoms with Gasteiger partial charge in [0.2, 0.25) is 0 Å².